The van der Waals surface area contributed by atoms with Gasteiger partial charge in [-0.05, 0) is 80.6 Å². The zero-order chi connectivity index (χ0) is 14.3. The summed E-state index contributed by atoms with van der Waals surface area (Å²) in [5, 5.41) is 3.77. The van der Waals surface area contributed by atoms with E-state index in [0.717, 1.165) is 24.3 Å². The number of hydrogen-bond acceptors (Lipinski definition) is 1. The second-order valence-electron chi connectivity index (χ2n) is 8.39. The summed E-state index contributed by atoms with van der Waals surface area (Å²) in [6.07, 6.45) is 10.7. The first-order valence-corrected chi connectivity index (χ1v) is 8.98. The lowest BCUT2D eigenvalue weighted by Crippen LogP contribution is -2.48. The van der Waals surface area contributed by atoms with Crippen LogP contribution < -0.4 is 5.32 Å². The molecular weight excluding hydrogens is 254 g/mol. The quantitative estimate of drug-likeness (QED) is 0.820. The third-order valence-electron chi connectivity index (χ3n) is 6.40. The highest BCUT2D eigenvalue weighted by molar-refractivity contribution is 5.14. The molecule has 1 N–H and O–H groups in total. The van der Waals surface area contributed by atoms with Gasteiger partial charge >= 0.3 is 0 Å². The molecule has 0 aliphatic heterocycles. The monoisotopic (exact) mass is 283 g/mol. The Morgan fingerprint density at radius 2 is 1.57 bits per heavy atom. The van der Waals surface area contributed by atoms with Gasteiger partial charge in [0, 0.05) is 12.6 Å². The fourth-order valence-electron chi connectivity index (χ4n) is 6.15. The van der Waals surface area contributed by atoms with Gasteiger partial charge in [0.1, 0.15) is 0 Å². The summed E-state index contributed by atoms with van der Waals surface area (Å²) in [6.45, 7) is 3.43. The smallest absolute Gasteiger partial charge is 0.0207 e. The number of rotatable bonds is 5. The van der Waals surface area contributed by atoms with Gasteiger partial charge in [-0.1, -0.05) is 30.3 Å². The van der Waals surface area contributed by atoms with Crippen LogP contribution in [-0.2, 0) is 6.54 Å². The number of hydrogen-bond donors (Lipinski definition) is 1. The highest BCUT2D eigenvalue weighted by Gasteiger charge is 2.50. The first-order valence-electron chi connectivity index (χ1n) is 8.98. The molecule has 5 rings (SSSR count). The van der Waals surface area contributed by atoms with Gasteiger partial charge in [-0.2, -0.15) is 0 Å². The molecule has 4 fully saturated rings. The molecule has 1 aromatic rings. The van der Waals surface area contributed by atoms with Crippen LogP contribution in [0.25, 0.3) is 0 Å². The maximum Gasteiger partial charge on any atom is 0.0207 e. The Kier molecular flexibility index (Phi) is 3.57. The van der Waals surface area contributed by atoms with Gasteiger partial charge in [-0.25, -0.2) is 0 Å². The van der Waals surface area contributed by atoms with Crippen LogP contribution in [-0.4, -0.2) is 6.04 Å². The molecule has 0 spiro atoms. The van der Waals surface area contributed by atoms with E-state index in [1.807, 2.05) is 0 Å². The van der Waals surface area contributed by atoms with Gasteiger partial charge in [-0.3, -0.25) is 0 Å². The Morgan fingerprint density at radius 3 is 2.14 bits per heavy atom. The van der Waals surface area contributed by atoms with Crippen molar-refractivity contribution in [3.63, 3.8) is 0 Å². The molecule has 1 heteroatoms. The van der Waals surface area contributed by atoms with Gasteiger partial charge in [0.2, 0.25) is 0 Å². The Morgan fingerprint density at radius 1 is 1.00 bits per heavy atom. The molecule has 4 aliphatic rings. The van der Waals surface area contributed by atoms with Crippen LogP contribution in [0, 0.1) is 23.2 Å². The molecule has 1 nitrogen and oxygen atoms in total. The third-order valence-corrected chi connectivity index (χ3v) is 6.40. The SMILES string of the molecule is C[C@H](CC12CC3CC(CC(C3)C1)C2)NCc1ccccc1. The van der Waals surface area contributed by atoms with E-state index >= 15 is 0 Å². The van der Waals surface area contributed by atoms with Gasteiger partial charge in [0.15, 0.2) is 0 Å². The van der Waals surface area contributed by atoms with Crippen LogP contribution in [0.1, 0.15) is 57.4 Å². The molecule has 0 amide bonds. The van der Waals surface area contributed by atoms with E-state index in [-0.39, 0.29) is 0 Å². The average molecular weight is 283 g/mol. The predicted octanol–water partition coefficient (Wildman–Crippen LogP) is 4.77. The van der Waals surface area contributed by atoms with Gasteiger partial charge in [0.25, 0.3) is 0 Å². The summed E-state index contributed by atoms with van der Waals surface area (Å²) in [6, 6.07) is 11.5. The molecule has 4 bridgehead atoms. The molecule has 0 unspecified atom stereocenters. The summed E-state index contributed by atoms with van der Waals surface area (Å²) in [5.74, 6) is 3.24. The molecule has 0 heterocycles. The van der Waals surface area contributed by atoms with E-state index in [9.17, 15) is 0 Å². The van der Waals surface area contributed by atoms with E-state index in [1.165, 1.54) is 31.2 Å². The summed E-state index contributed by atoms with van der Waals surface area (Å²) < 4.78 is 0. The predicted molar refractivity (Wildman–Crippen MR) is 88.0 cm³/mol. The van der Waals surface area contributed by atoms with E-state index in [1.54, 1.807) is 19.3 Å². The minimum atomic E-state index is 0.654. The fraction of sp³-hybridized carbons (Fsp3) is 0.700. The largest absolute Gasteiger partial charge is 0.310 e. The van der Waals surface area contributed by atoms with Crippen LogP contribution >= 0.6 is 0 Å². The first kappa shape index (κ1) is 13.8. The van der Waals surface area contributed by atoms with Crippen molar-refractivity contribution in [2.45, 2.75) is 64.5 Å². The van der Waals surface area contributed by atoms with Crippen LogP contribution in [0.4, 0.5) is 0 Å². The highest BCUT2D eigenvalue weighted by Crippen LogP contribution is 2.61. The Hall–Kier alpha value is -0.820. The fourth-order valence-corrected chi connectivity index (χ4v) is 6.15. The second kappa shape index (κ2) is 5.43. The summed E-state index contributed by atoms with van der Waals surface area (Å²) >= 11 is 0. The zero-order valence-electron chi connectivity index (χ0n) is 13.4. The normalized spacial score (nSPS) is 38.6. The summed E-state index contributed by atoms with van der Waals surface area (Å²) in [5.41, 5.74) is 2.12. The first-order chi connectivity index (χ1) is 10.2. The van der Waals surface area contributed by atoms with Crippen molar-refractivity contribution in [1.29, 1.82) is 0 Å². The lowest BCUT2D eigenvalue weighted by atomic mass is 9.48. The molecule has 1 atom stereocenters. The van der Waals surface area contributed by atoms with Crippen LogP contribution in [0.2, 0.25) is 0 Å². The van der Waals surface area contributed by atoms with Crippen molar-refractivity contribution in [3.8, 4) is 0 Å². The molecular formula is C20H29N. The lowest BCUT2D eigenvalue weighted by molar-refractivity contribution is -0.0612. The van der Waals surface area contributed by atoms with Crippen molar-refractivity contribution >= 4 is 0 Å². The lowest BCUT2D eigenvalue weighted by Gasteiger charge is -2.57. The Labute approximate surface area is 129 Å². The van der Waals surface area contributed by atoms with Crippen molar-refractivity contribution in [2.75, 3.05) is 0 Å². The van der Waals surface area contributed by atoms with E-state index in [4.69, 9.17) is 0 Å². The molecule has 0 aromatic heterocycles. The molecule has 1 aromatic carbocycles. The van der Waals surface area contributed by atoms with Crippen molar-refractivity contribution < 1.29 is 0 Å². The van der Waals surface area contributed by atoms with E-state index in [2.05, 4.69) is 42.6 Å². The molecule has 114 valence electrons. The van der Waals surface area contributed by atoms with Crippen LogP contribution in [0.15, 0.2) is 30.3 Å². The maximum atomic E-state index is 3.77. The van der Waals surface area contributed by atoms with Crippen molar-refractivity contribution in [3.05, 3.63) is 35.9 Å². The zero-order valence-corrected chi connectivity index (χ0v) is 13.4. The number of benzene rings is 1. The van der Waals surface area contributed by atoms with Gasteiger partial charge in [0.05, 0.1) is 0 Å². The minimum absolute atomic E-state index is 0.654. The van der Waals surface area contributed by atoms with E-state index < -0.39 is 0 Å². The molecule has 0 radical (unpaired) electrons. The summed E-state index contributed by atoms with van der Waals surface area (Å²) in [7, 11) is 0. The molecule has 4 saturated carbocycles. The third kappa shape index (κ3) is 2.90. The van der Waals surface area contributed by atoms with Gasteiger partial charge < -0.3 is 5.32 Å². The van der Waals surface area contributed by atoms with Crippen LogP contribution in [0.3, 0.4) is 0 Å². The van der Waals surface area contributed by atoms with E-state index in [0.29, 0.717) is 11.5 Å². The second-order valence-corrected chi connectivity index (χ2v) is 8.39. The standard InChI is InChI=1S/C20H29N/c1-15(21-14-16-5-3-2-4-6-16)10-20-11-17-7-18(12-20)9-19(8-17)13-20/h2-6,15,17-19,21H,7-14H2,1H3/t15-,17?,18?,19?,20?/m1/s1. The molecule has 21 heavy (non-hydrogen) atoms. The maximum absolute atomic E-state index is 3.77. The molecule has 0 saturated heterocycles. The average Bonchev–Trinajstić information content (AvgIpc) is 2.44. The Balaban J connectivity index is 1.35. The Bertz CT molecular complexity index is 443. The summed E-state index contributed by atoms with van der Waals surface area (Å²) in [4.78, 5) is 0. The topological polar surface area (TPSA) is 12.0 Å². The van der Waals surface area contributed by atoms with Crippen LogP contribution in [0.5, 0.6) is 0 Å². The molecule has 4 aliphatic carbocycles. The van der Waals surface area contributed by atoms with Gasteiger partial charge in [-0.15, -0.1) is 0 Å². The van der Waals surface area contributed by atoms with Crippen molar-refractivity contribution in [1.82, 2.24) is 5.32 Å². The highest BCUT2D eigenvalue weighted by atomic mass is 14.9. The minimum Gasteiger partial charge on any atom is -0.310 e. The van der Waals surface area contributed by atoms with Crippen molar-refractivity contribution in [2.24, 2.45) is 23.2 Å². The number of nitrogens with one attached hydrogen (secondary N) is 1.